The fourth-order valence-electron chi connectivity index (χ4n) is 6.59. The van der Waals surface area contributed by atoms with Crippen molar-refractivity contribution in [2.45, 2.75) is 75.4 Å². The quantitative estimate of drug-likeness (QED) is 0.164. The second-order valence-electron chi connectivity index (χ2n) is 12.1. The molecule has 2 aromatic rings. The van der Waals surface area contributed by atoms with Gasteiger partial charge in [-0.2, -0.15) is 0 Å². The highest BCUT2D eigenvalue weighted by Crippen LogP contribution is 2.41. The van der Waals surface area contributed by atoms with Gasteiger partial charge in [-0.15, -0.1) is 0 Å². The minimum Gasteiger partial charge on any atom is -0.385 e. The summed E-state index contributed by atoms with van der Waals surface area (Å²) in [5.41, 5.74) is -1.32. The van der Waals surface area contributed by atoms with Gasteiger partial charge in [0.15, 0.2) is 0 Å². The number of hydrogen-bond acceptors (Lipinski definition) is 6. The van der Waals surface area contributed by atoms with E-state index in [0.717, 1.165) is 71.0 Å². The highest BCUT2D eigenvalue weighted by Gasteiger charge is 2.41. The maximum absolute atomic E-state index is 14.5. The van der Waals surface area contributed by atoms with Gasteiger partial charge in [0.25, 0.3) is 0 Å². The van der Waals surface area contributed by atoms with Crippen LogP contribution >= 0.6 is 23.2 Å². The van der Waals surface area contributed by atoms with Gasteiger partial charge < -0.3 is 30.3 Å². The molecule has 0 aliphatic carbocycles. The van der Waals surface area contributed by atoms with E-state index >= 15 is 0 Å². The largest absolute Gasteiger partial charge is 0.385 e. The Bertz CT molecular complexity index is 1110. The first kappa shape index (κ1) is 37.1. The summed E-state index contributed by atoms with van der Waals surface area (Å²) < 4.78 is 38.4. The molecule has 6 nitrogen and oxygen atoms in total. The third-order valence-electron chi connectivity index (χ3n) is 9.04. The van der Waals surface area contributed by atoms with E-state index in [1.165, 1.54) is 18.2 Å². The topological polar surface area (TPSA) is 83.0 Å². The summed E-state index contributed by atoms with van der Waals surface area (Å²) in [5, 5.41) is 29.7. The van der Waals surface area contributed by atoms with Gasteiger partial charge in [0.2, 0.25) is 0 Å². The van der Waals surface area contributed by atoms with E-state index < -0.39 is 22.8 Å². The van der Waals surface area contributed by atoms with Gasteiger partial charge >= 0.3 is 0 Å². The smallest absolute Gasteiger partial charge is 0.147 e. The van der Waals surface area contributed by atoms with Gasteiger partial charge in [0.1, 0.15) is 11.6 Å². The molecule has 4 rings (SSSR count). The standard InChI is InChI=1S/2C17H25ClFNO2/c1-22-11-3-2-9-17(21,13-6-5-10-20-12-13)14-7-4-8-15(18)16(14)19;1-22-8-3-2-6-17(21,13-5-4-7-20-12-13)14-9-15(18)11-16(19)10-14/h4,7-8,13,20-21H,2-3,5-6,9-12H2,1H3;9-11,13,20-21H,2-8,12H2,1H3/t2*13-,17+/m11/s1. The highest BCUT2D eigenvalue weighted by atomic mass is 35.5. The normalized spacial score (nSPS) is 21.5. The number of piperidine rings is 2. The summed E-state index contributed by atoms with van der Waals surface area (Å²) in [5.74, 6) is -0.830. The lowest BCUT2D eigenvalue weighted by Gasteiger charge is -2.39. The molecule has 2 fully saturated rings. The van der Waals surface area contributed by atoms with Gasteiger partial charge in [0.05, 0.1) is 16.2 Å². The second kappa shape index (κ2) is 18.7. The zero-order chi connectivity index (χ0) is 32.0. The van der Waals surface area contributed by atoms with Gasteiger partial charge in [0, 0.05) is 62.9 Å². The molecule has 0 bridgehead atoms. The van der Waals surface area contributed by atoms with Crippen molar-refractivity contribution < 1.29 is 28.5 Å². The number of unbranched alkanes of at least 4 members (excludes halogenated alkanes) is 2. The van der Waals surface area contributed by atoms with Crippen LogP contribution in [0.4, 0.5) is 8.78 Å². The first-order valence-electron chi connectivity index (χ1n) is 15.9. The Kier molecular flexibility index (Phi) is 15.8. The summed E-state index contributed by atoms with van der Waals surface area (Å²) in [6.45, 7) is 4.69. The van der Waals surface area contributed by atoms with E-state index in [0.29, 0.717) is 48.7 Å². The van der Waals surface area contributed by atoms with Crippen molar-refractivity contribution in [1.82, 2.24) is 10.6 Å². The first-order chi connectivity index (χ1) is 21.2. The van der Waals surface area contributed by atoms with Crippen molar-refractivity contribution in [3.63, 3.8) is 0 Å². The Balaban J connectivity index is 0.000000240. The van der Waals surface area contributed by atoms with Crippen LogP contribution in [0.5, 0.6) is 0 Å². The van der Waals surface area contributed by atoms with E-state index in [9.17, 15) is 19.0 Å². The molecule has 4 atom stereocenters. The van der Waals surface area contributed by atoms with E-state index in [1.807, 2.05) is 0 Å². The molecule has 248 valence electrons. The third kappa shape index (κ3) is 10.3. The van der Waals surface area contributed by atoms with Crippen molar-refractivity contribution in [2.24, 2.45) is 11.8 Å². The molecule has 0 amide bonds. The van der Waals surface area contributed by atoms with Crippen LogP contribution < -0.4 is 10.6 Å². The molecule has 10 heteroatoms. The second-order valence-corrected chi connectivity index (χ2v) is 12.9. The number of halogens is 4. The van der Waals surface area contributed by atoms with Crippen LogP contribution in [0.3, 0.4) is 0 Å². The number of nitrogens with one attached hydrogen (secondary N) is 2. The van der Waals surface area contributed by atoms with Crippen molar-refractivity contribution in [2.75, 3.05) is 53.6 Å². The van der Waals surface area contributed by atoms with Crippen molar-refractivity contribution >= 4 is 23.2 Å². The maximum atomic E-state index is 14.5. The van der Waals surface area contributed by atoms with Crippen LogP contribution in [-0.4, -0.2) is 63.8 Å². The summed E-state index contributed by atoms with van der Waals surface area (Å²) in [6.07, 6.45) is 8.27. The molecule has 2 aliphatic heterocycles. The SMILES string of the molecule is COCCCC[C@@](O)(c1cc(F)cc(Cl)c1)[C@@H]1CCCNC1.COCCCC[C@@](O)(c1cccc(Cl)c1F)[C@@H]1CCCNC1. The Morgan fingerprint density at radius 3 is 1.91 bits per heavy atom. The number of methoxy groups -OCH3 is 2. The Morgan fingerprint density at radius 1 is 0.818 bits per heavy atom. The predicted octanol–water partition coefficient (Wildman–Crippen LogP) is 6.97. The van der Waals surface area contributed by atoms with Gasteiger partial charge in [-0.1, -0.05) is 35.3 Å². The average Bonchev–Trinajstić information content (AvgIpc) is 3.03. The molecular formula is C34H50Cl2F2N2O4. The summed E-state index contributed by atoms with van der Waals surface area (Å²) in [7, 11) is 3.33. The number of hydrogen-bond donors (Lipinski definition) is 4. The number of ether oxygens (including phenoxy) is 2. The Labute approximate surface area is 271 Å². The number of benzene rings is 2. The monoisotopic (exact) mass is 658 g/mol. The van der Waals surface area contributed by atoms with Gasteiger partial charge in [-0.25, -0.2) is 8.78 Å². The minimum atomic E-state index is -1.18. The number of aliphatic hydroxyl groups is 2. The summed E-state index contributed by atoms with van der Waals surface area (Å²) in [4.78, 5) is 0. The van der Waals surface area contributed by atoms with E-state index in [4.69, 9.17) is 32.7 Å². The fourth-order valence-corrected chi connectivity index (χ4v) is 6.98. The fraction of sp³-hybridized carbons (Fsp3) is 0.647. The lowest BCUT2D eigenvalue weighted by molar-refractivity contribution is -0.0460. The zero-order valence-electron chi connectivity index (χ0n) is 26.2. The molecule has 2 heterocycles. The molecule has 0 unspecified atom stereocenters. The van der Waals surface area contributed by atoms with Crippen molar-refractivity contribution in [3.8, 4) is 0 Å². The zero-order valence-corrected chi connectivity index (χ0v) is 27.7. The minimum absolute atomic E-state index is 0.00300. The molecule has 2 aliphatic rings. The first-order valence-corrected chi connectivity index (χ1v) is 16.7. The molecule has 4 N–H and O–H groups in total. The maximum Gasteiger partial charge on any atom is 0.147 e. The molecule has 0 saturated carbocycles. The molecule has 0 aromatic heterocycles. The van der Waals surface area contributed by atoms with Crippen LogP contribution in [0.15, 0.2) is 36.4 Å². The lowest BCUT2D eigenvalue weighted by Crippen LogP contribution is -2.44. The highest BCUT2D eigenvalue weighted by molar-refractivity contribution is 6.31. The molecule has 0 radical (unpaired) electrons. The van der Waals surface area contributed by atoms with Crippen molar-refractivity contribution in [3.05, 3.63) is 69.2 Å². The Hall–Kier alpha value is -1.36. The molecular weight excluding hydrogens is 609 g/mol. The Morgan fingerprint density at radius 2 is 1.39 bits per heavy atom. The average molecular weight is 660 g/mol. The van der Waals surface area contributed by atoms with Gasteiger partial charge in [-0.3, -0.25) is 0 Å². The number of rotatable bonds is 14. The van der Waals surface area contributed by atoms with Crippen molar-refractivity contribution in [1.29, 1.82) is 0 Å². The van der Waals surface area contributed by atoms with Crippen LogP contribution in [0.1, 0.15) is 75.3 Å². The molecule has 2 aromatic carbocycles. The van der Waals surface area contributed by atoms with E-state index in [1.54, 1.807) is 32.4 Å². The molecule has 44 heavy (non-hydrogen) atoms. The third-order valence-corrected chi connectivity index (χ3v) is 9.55. The van der Waals surface area contributed by atoms with Crippen LogP contribution in [0, 0.1) is 23.5 Å². The summed E-state index contributed by atoms with van der Waals surface area (Å²) in [6, 6.07) is 9.26. The van der Waals surface area contributed by atoms with E-state index in [-0.39, 0.29) is 16.9 Å². The predicted molar refractivity (Wildman–Crippen MR) is 173 cm³/mol. The molecule has 0 spiro atoms. The molecule has 2 saturated heterocycles. The van der Waals surface area contributed by atoms with E-state index in [2.05, 4.69) is 10.6 Å². The van der Waals surface area contributed by atoms with Crippen LogP contribution in [-0.2, 0) is 20.7 Å². The summed E-state index contributed by atoms with van der Waals surface area (Å²) >= 11 is 11.9. The van der Waals surface area contributed by atoms with Crippen LogP contribution in [0.2, 0.25) is 10.0 Å². The van der Waals surface area contributed by atoms with Crippen LogP contribution in [0.25, 0.3) is 0 Å². The van der Waals surface area contributed by atoms with Gasteiger partial charge in [-0.05, 0) is 107 Å². The lowest BCUT2D eigenvalue weighted by atomic mass is 9.74.